The molecule has 1 N–H and O–H groups in total. The lowest BCUT2D eigenvalue weighted by atomic mass is 10.2. The predicted octanol–water partition coefficient (Wildman–Crippen LogP) is 1.73. The van der Waals surface area contributed by atoms with Gasteiger partial charge in [0.05, 0.1) is 17.8 Å². The molecule has 94 valence electrons. The SMILES string of the molecule is Cc1c(CCC(=O)O)nnn1-c1ccccc1F. The second-order valence-corrected chi connectivity index (χ2v) is 3.88. The molecule has 0 atom stereocenters. The van der Waals surface area contributed by atoms with Crippen LogP contribution in [0.25, 0.3) is 5.69 Å². The van der Waals surface area contributed by atoms with Crippen LogP contribution in [0.4, 0.5) is 4.39 Å². The summed E-state index contributed by atoms with van der Waals surface area (Å²) in [5, 5.41) is 16.4. The molecule has 2 rings (SSSR count). The number of carboxylic acid groups (broad SMARTS) is 1. The van der Waals surface area contributed by atoms with Gasteiger partial charge in [-0.3, -0.25) is 4.79 Å². The van der Waals surface area contributed by atoms with Gasteiger partial charge < -0.3 is 5.11 Å². The van der Waals surface area contributed by atoms with Gasteiger partial charge in [0, 0.05) is 6.42 Å². The number of carbonyl (C=O) groups is 1. The monoisotopic (exact) mass is 249 g/mol. The third-order valence-electron chi connectivity index (χ3n) is 2.65. The number of aliphatic carboxylic acids is 1. The summed E-state index contributed by atoms with van der Waals surface area (Å²) in [4.78, 5) is 10.5. The van der Waals surface area contributed by atoms with Crippen LogP contribution < -0.4 is 0 Å². The Morgan fingerprint density at radius 1 is 1.44 bits per heavy atom. The fraction of sp³-hybridized carbons (Fsp3) is 0.250. The molecule has 1 aromatic heterocycles. The smallest absolute Gasteiger partial charge is 0.303 e. The highest BCUT2D eigenvalue weighted by Gasteiger charge is 2.13. The average molecular weight is 249 g/mol. The number of hydrogen-bond acceptors (Lipinski definition) is 3. The Labute approximate surface area is 103 Å². The maximum atomic E-state index is 13.6. The Morgan fingerprint density at radius 3 is 2.83 bits per heavy atom. The van der Waals surface area contributed by atoms with Gasteiger partial charge in [0.25, 0.3) is 0 Å². The van der Waals surface area contributed by atoms with Crippen molar-refractivity contribution < 1.29 is 14.3 Å². The van der Waals surface area contributed by atoms with Gasteiger partial charge in [-0.25, -0.2) is 9.07 Å². The van der Waals surface area contributed by atoms with Crippen LogP contribution in [0.3, 0.4) is 0 Å². The van der Waals surface area contributed by atoms with Gasteiger partial charge >= 0.3 is 5.97 Å². The van der Waals surface area contributed by atoms with Gasteiger partial charge in [0.15, 0.2) is 0 Å². The van der Waals surface area contributed by atoms with Gasteiger partial charge in [0.2, 0.25) is 0 Å². The summed E-state index contributed by atoms with van der Waals surface area (Å²) in [6.45, 7) is 1.74. The molecule has 0 aliphatic heterocycles. The number of para-hydroxylation sites is 1. The maximum Gasteiger partial charge on any atom is 0.303 e. The highest BCUT2D eigenvalue weighted by atomic mass is 19.1. The summed E-state index contributed by atoms with van der Waals surface area (Å²) in [5.41, 5.74) is 1.53. The lowest BCUT2D eigenvalue weighted by Crippen LogP contribution is -2.03. The normalized spacial score (nSPS) is 10.6. The molecule has 0 amide bonds. The van der Waals surface area contributed by atoms with Crippen LogP contribution in [0.5, 0.6) is 0 Å². The van der Waals surface area contributed by atoms with Crippen molar-refractivity contribution in [2.75, 3.05) is 0 Å². The fourth-order valence-electron chi connectivity index (χ4n) is 1.67. The number of hydrogen-bond donors (Lipinski definition) is 1. The third-order valence-corrected chi connectivity index (χ3v) is 2.65. The summed E-state index contributed by atoms with van der Waals surface area (Å²) in [7, 11) is 0. The number of rotatable bonds is 4. The van der Waals surface area contributed by atoms with E-state index in [0.29, 0.717) is 17.1 Å². The Balaban J connectivity index is 2.31. The molecule has 0 spiro atoms. The quantitative estimate of drug-likeness (QED) is 0.896. The first-order valence-electron chi connectivity index (χ1n) is 5.47. The zero-order valence-electron chi connectivity index (χ0n) is 9.80. The molecule has 0 unspecified atom stereocenters. The van der Waals surface area contributed by atoms with Crippen molar-refractivity contribution in [2.45, 2.75) is 19.8 Å². The van der Waals surface area contributed by atoms with E-state index in [0.717, 1.165) is 0 Å². The average Bonchev–Trinajstić information content (AvgIpc) is 2.69. The predicted molar refractivity (Wildman–Crippen MR) is 62.0 cm³/mol. The van der Waals surface area contributed by atoms with E-state index in [9.17, 15) is 9.18 Å². The number of halogens is 1. The zero-order valence-corrected chi connectivity index (χ0v) is 9.80. The van der Waals surface area contributed by atoms with Crippen molar-refractivity contribution >= 4 is 5.97 Å². The summed E-state index contributed by atoms with van der Waals surface area (Å²) in [5.74, 6) is -1.29. The summed E-state index contributed by atoms with van der Waals surface area (Å²) >= 11 is 0. The molecule has 2 aromatic rings. The lowest BCUT2D eigenvalue weighted by Gasteiger charge is -2.04. The molecule has 0 aliphatic carbocycles. The molecule has 0 saturated heterocycles. The number of aromatic nitrogens is 3. The van der Waals surface area contributed by atoms with Crippen molar-refractivity contribution in [2.24, 2.45) is 0 Å². The first kappa shape index (κ1) is 12.2. The van der Waals surface area contributed by atoms with Gasteiger partial charge in [-0.2, -0.15) is 0 Å². The molecule has 18 heavy (non-hydrogen) atoms. The molecule has 1 aromatic carbocycles. The molecule has 5 nitrogen and oxygen atoms in total. The van der Waals surface area contributed by atoms with Crippen molar-refractivity contribution in [3.8, 4) is 5.69 Å². The second-order valence-electron chi connectivity index (χ2n) is 3.88. The Kier molecular flexibility index (Phi) is 3.36. The van der Waals surface area contributed by atoms with Gasteiger partial charge in [-0.1, -0.05) is 17.3 Å². The second kappa shape index (κ2) is 4.95. The minimum absolute atomic E-state index is 0.0171. The first-order valence-corrected chi connectivity index (χ1v) is 5.47. The summed E-state index contributed by atoms with van der Waals surface area (Å²) < 4.78 is 15.0. The minimum atomic E-state index is -0.894. The highest BCUT2D eigenvalue weighted by molar-refractivity contribution is 5.67. The zero-order chi connectivity index (χ0) is 13.1. The van der Waals surface area contributed by atoms with E-state index in [1.54, 1.807) is 25.1 Å². The van der Waals surface area contributed by atoms with Crippen LogP contribution in [0, 0.1) is 12.7 Å². The van der Waals surface area contributed by atoms with Crippen LogP contribution in [0.1, 0.15) is 17.8 Å². The fourth-order valence-corrected chi connectivity index (χ4v) is 1.67. The molecule has 0 radical (unpaired) electrons. The largest absolute Gasteiger partial charge is 0.481 e. The highest BCUT2D eigenvalue weighted by Crippen LogP contribution is 2.16. The number of nitrogens with zero attached hydrogens (tertiary/aromatic N) is 3. The van der Waals surface area contributed by atoms with Crippen molar-refractivity contribution in [1.29, 1.82) is 0 Å². The van der Waals surface area contributed by atoms with E-state index < -0.39 is 11.8 Å². The van der Waals surface area contributed by atoms with Gasteiger partial charge in [0.1, 0.15) is 11.5 Å². The van der Waals surface area contributed by atoms with Crippen LogP contribution in [0.2, 0.25) is 0 Å². The van der Waals surface area contributed by atoms with Crippen LogP contribution in [-0.2, 0) is 11.2 Å². The molecule has 0 saturated carbocycles. The summed E-state index contributed by atoms with van der Waals surface area (Å²) in [6.07, 6.45) is 0.270. The van der Waals surface area contributed by atoms with E-state index in [1.807, 2.05) is 0 Å². The van der Waals surface area contributed by atoms with E-state index >= 15 is 0 Å². The van der Waals surface area contributed by atoms with E-state index in [4.69, 9.17) is 5.11 Å². The Hall–Kier alpha value is -2.24. The molecule has 0 fully saturated rings. The molecular formula is C12H12FN3O2. The van der Waals surface area contributed by atoms with Crippen LogP contribution in [-0.4, -0.2) is 26.1 Å². The van der Waals surface area contributed by atoms with E-state index in [2.05, 4.69) is 10.3 Å². The number of aryl methyl sites for hydroxylation is 1. The molecular weight excluding hydrogens is 237 g/mol. The number of benzene rings is 1. The minimum Gasteiger partial charge on any atom is -0.481 e. The lowest BCUT2D eigenvalue weighted by molar-refractivity contribution is -0.136. The topological polar surface area (TPSA) is 68.0 Å². The van der Waals surface area contributed by atoms with E-state index in [-0.39, 0.29) is 12.8 Å². The third kappa shape index (κ3) is 2.37. The number of carboxylic acids is 1. The van der Waals surface area contributed by atoms with Gasteiger partial charge in [-0.15, -0.1) is 5.10 Å². The molecule has 1 heterocycles. The van der Waals surface area contributed by atoms with Crippen molar-refractivity contribution in [1.82, 2.24) is 15.0 Å². The molecule has 6 heteroatoms. The maximum absolute atomic E-state index is 13.6. The summed E-state index contributed by atoms with van der Waals surface area (Å²) in [6, 6.07) is 6.23. The standard InChI is InChI=1S/C12H12FN3O2/c1-8-10(6-7-12(17)18)14-15-16(8)11-5-3-2-4-9(11)13/h2-5H,6-7H2,1H3,(H,17,18). The van der Waals surface area contributed by atoms with Crippen molar-refractivity contribution in [3.63, 3.8) is 0 Å². The van der Waals surface area contributed by atoms with Crippen LogP contribution >= 0.6 is 0 Å². The van der Waals surface area contributed by atoms with E-state index in [1.165, 1.54) is 10.7 Å². The molecule has 0 bridgehead atoms. The Bertz CT molecular complexity index is 580. The van der Waals surface area contributed by atoms with Crippen LogP contribution in [0.15, 0.2) is 24.3 Å². The molecule has 0 aliphatic rings. The Morgan fingerprint density at radius 2 is 2.17 bits per heavy atom. The van der Waals surface area contributed by atoms with Crippen molar-refractivity contribution in [3.05, 3.63) is 41.5 Å². The first-order chi connectivity index (χ1) is 8.59. The van der Waals surface area contributed by atoms with Gasteiger partial charge in [-0.05, 0) is 19.1 Å².